The maximum Gasteiger partial charge on any atom is 0.428 e. The van der Waals surface area contributed by atoms with Crippen LogP contribution in [0.3, 0.4) is 0 Å². The van der Waals surface area contributed by atoms with Crippen LogP contribution in [0.1, 0.15) is 5.56 Å². The van der Waals surface area contributed by atoms with E-state index >= 15 is 0 Å². The fourth-order valence-corrected chi connectivity index (χ4v) is 2.05. The molecule has 0 unspecified atom stereocenters. The largest absolute Gasteiger partial charge is 0.428 e. The van der Waals surface area contributed by atoms with E-state index in [9.17, 15) is 14.7 Å². The molecule has 0 aliphatic rings. The minimum Gasteiger partial charge on any atom is -0.422 e. The maximum atomic E-state index is 11.0. The van der Waals surface area contributed by atoms with Gasteiger partial charge in [0, 0.05) is 40.2 Å². The molecule has 0 aliphatic heterocycles. The lowest BCUT2D eigenvalue weighted by Crippen LogP contribution is -1.93. The second kappa shape index (κ2) is 5.23. The molecule has 9 heteroatoms. The zero-order valence-corrected chi connectivity index (χ0v) is 10.8. The van der Waals surface area contributed by atoms with Crippen molar-refractivity contribution >= 4 is 45.8 Å². The molecule has 0 spiro atoms. The molecule has 0 fully saturated rings. The monoisotopic (exact) mass is 303 g/mol. The van der Waals surface area contributed by atoms with Crippen LogP contribution in [0.25, 0.3) is 0 Å². The number of halogens is 3. The quantitative estimate of drug-likeness (QED) is 0.360. The fraction of sp³-hybridized carbons (Fsp3) is 0.143. The van der Waals surface area contributed by atoms with Crippen LogP contribution >= 0.6 is 40.2 Å². The van der Waals surface area contributed by atoms with Gasteiger partial charge in [-0.3, -0.25) is 10.1 Å². The van der Waals surface area contributed by atoms with Gasteiger partial charge in [-0.05, 0) is 6.07 Å². The number of nitro groups is 1. The number of alkyl halides is 1. The molecule has 0 saturated heterocycles. The van der Waals surface area contributed by atoms with E-state index in [1.54, 1.807) is 0 Å². The minimum absolute atomic E-state index is 0.0508. The van der Waals surface area contributed by atoms with E-state index in [0.717, 1.165) is 0 Å². The van der Waals surface area contributed by atoms with Crippen molar-refractivity contribution in [3.8, 4) is 5.75 Å². The van der Waals surface area contributed by atoms with Crippen molar-refractivity contribution in [3.63, 3.8) is 0 Å². The standard InChI is InChI=1S/C7H5Cl3NO4P/c8-4-5-3-6(11(12)13)1-2-7(5)15-16(9,10)14/h1-3H,4H2. The molecular weight excluding hydrogens is 299 g/mol. The molecule has 0 saturated carbocycles. The first-order chi connectivity index (χ1) is 7.33. The second-order valence-electron chi connectivity index (χ2n) is 2.69. The summed E-state index contributed by atoms with van der Waals surface area (Å²) in [5.74, 6) is 0.0130. The van der Waals surface area contributed by atoms with E-state index in [-0.39, 0.29) is 22.9 Å². The summed E-state index contributed by atoms with van der Waals surface area (Å²) < 4.78 is 15.7. The zero-order chi connectivity index (χ0) is 12.3. The summed E-state index contributed by atoms with van der Waals surface area (Å²) in [6.45, 7) is 0. The Bertz CT molecular complexity index is 461. The summed E-state index contributed by atoms with van der Waals surface area (Å²) in [6, 6.07) is 3.62. The van der Waals surface area contributed by atoms with E-state index in [0.29, 0.717) is 0 Å². The van der Waals surface area contributed by atoms with Crippen molar-refractivity contribution in [2.24, 2.45) is 0 Å². The zero-order valence-electron chi connectivity index (χ0n) is 7.60. The highest BCUT2D eigenvalue weighted by Gasteiger charge is 2.20. The molecule has 0 bridgehead atoms. The molecular formula is C7H5Cl3NO4P. The SMILES string of the molecule is O=[N+]([O-])c1ccc(OP(=O)(Cl)Cl)c(CCl)c1. The smallest absolute Gasteiger partial charge is 0.422 e. The lowest BCUT2D eigenvalue weighted by molar-refractivity contribution is -0.384. The van der Waals surface area contributed by atoms with Crippen LogP contribution in [-0.2, 0) is 10.4 Å². The van der Waals surface area contributed by atoms with Gasteiger partial charge in [0.1, 0.15) is 5.75 Å². The van der Waals surface area contributed by atoms with Crippen LogP contribution in [0.2, 0.25) is 0 Å². The van der Waals surface area contributed by atoms with Crippen molar-refractivity contribution < 1.29 is 14.0 Å². The Morgan fingerprint density at radius 1 is 1.44 bits per heavy atom. The molecule has 1 rings (SSSR count). The van der Waals surface area contributed by atoms with Gasteiger partial charge in [0.15, 0.2) is 0 Å². The molecule has 1 aromatic rings. The predicted molar refractivity (Wildman–Crippen MR) is 62.6 cm³/mol. The summed E-state index contributed by atoms with van der Waals surface area (Å²) in [4.78, 5) is 9.90. The van der Waals surface area contributed by atoms with E-state index in [2.05, 4.69) is 0 Å². The number of nitrogens with zero attached hydrogens (tertiary/aromatic N) is 1. The van der Waals surface area contributed by atoms with Gasteiger partial charge in [-0.15, -0.1) is 11.6 Å². The second-order valence-corrected chi connectivity index (χ2v) is 7.16. The van der Waals surface area contributed by atoms with E-state index in [1.807, 2.05) is 0 Å². The lowest BCUT2D eigenvalue weighted by atomic mass is 10.2. The van der Waals surface area contributed by atoms with Gasteiger partial charge < -0.3 is 4.52 Å². The molecule has 0 atom stereocenters. The number of hydrogen-bond acceptors (Lipinski definition) is 4. The lowest BCUT2D eigenvalue weighted by Gasteiger charge is -2.09. The number of rotatable bonds is 4. The van der Waals surface area contributed by atoms with E-state index in [4.69, 9.17) is 38.6 Å². The summed E-state index contributed by atoms with van der Waals surface area (Å²) in [5.41, 5.74) is 0.138. The molecule has 88 valence electrons. The van der Waals surface area contributed by atoms with Crippen LogP contribution in [-0.4, -0.2) is 4.92 Å². The van der Waals surface area contributed by atoms with Crippen LogP contribution in [0.4, 0.5) is 5.69 Å². The first-order valence-corrected chi connectivity index (χ1v) is 7.82. The topological polar surface area (TPSA) is 69.4 Å². The molecule has 0 amide bonds. The van der Waals surface area contributed by atoms with Crippen LogP contribution in [0.5, 0.6) is 5.75 Å². The molecule has 0 aliphatic carbocycles. The highest BCUT2D eigenvalue weighted by Crippen LogP contribution is 2.57. The van der Waals surface area contributed by atoms with Gasteiger partial charge in [0.05, 0.1) is 10.8 Å². The molecule has 0 radical (unpaired) electrons. The summed E-state index contributed by atoms with van der Waals surface area (Å²) >= 11 is 16.0. The summed E-state index contributed by atoms with van der Waals surface area (Å²) in [7, 11) is 0. The third-order valence-electron chi connectivity index (χ3n) is 1.60. The number of benzene rings is 1. The molecule has 0 heterocycles. The van der Waals surface area contributed by atoms with E-state index in [1.165, 1.54) is 18.2 Å². The average molecular weight is 304 g/mol. The number of nitro benzene ring substituents is 1. The maximum absolute atomic E-state index is 11.0. The Hall–Kier alpha value is -0.480. The Morgan fingerprint density at radius 3 is 2.50 bits per heavy atom. The van der Waals surface area contributed by atoms with Crippen molar-refractivity contribution in [2.75, 3.05) is 0 Å². The Labute approximate surface area is 105 Å². The first kappa shape index (κ1) is 13.6. The minimum atomic E-state index is -3.75. The molecule has 1 aromatic carbocycles. The van der Waals surface area contributed by atoms with Gasteiger partial charge in [-0.1, -0.05) is 0 Å². The van der Waals surface area contributed by atoms with Gasteiger partial charge in [-0.25, -0.2) is 4.57 Å². The van der Waals surface area contributed by atoms with Crippen molar-refractivity contribution in [1.82, 2.24) is 0 Å². The van der Waals surface area contributed by atoms with Crippen LogP contribution < -0.4 is 4.52 Å². The Morgan fingerprint density at radius 2 is 2.06 bits per heavy atom. The third-order valence-corrected chi connectivity index (χ3v) is 2.71. The molecule has 16 heavy (non-hydrogen) atoms. The van der Waals surface area contributed by atoms with Gasteiger partial charge in [-0.2, -0.15) is 0 Å². The van der Waals surface area contributed by atoms with E-state index < -0.39 is 11.0 Å². The number of non-ortho nitro benzene ring substituents is 1. The summed E-state index contributed by atoms with van der Waals surface area (Å²) in [6.07, 6.45) is -3.75. The van der Waals surface area contributed by atoms with Gasteiger partial charge in [0.2, 0.25) is 0 Å². The normalized spacial score (nSPS) is 11.2. The number of hydrogen-bond donors (Lipinski definition) is 0. The van der Waals surface area contributed by atoms with Crippen molar-refractivity contribution in [1.29, 1.82) is 0 Å². The molecule has 5 nitrogen and oxygen atoms in total. The highest BCUT2D eigenvalue weighted by molar-refractivity contribution is 8.05. The van der Waals surface area contributed by atoms with Crippen LogP contribution in [0.15, 0.2) is 18.2 Å². The Balaban J connectivity index is 3.12. The Kier molecular flexibility index (Phi) is 4.44. The first-order valence-electron chi connectivity index (χ1n) is 3.85. The van der Waals surface area contributed by atoms with Gasteiger partial charge in [0.25, 0.3) is 5.69 Å². The predicted octanol–water partition coefficient (Wildman–Crippen LogP) is 4.30. The average Bonchev–Trinajstić information content (AvgIpc) is 2.15. The van der Waals surface area contributed by atoms with Crippen molar-refractivity contribution in [3.05, 3.63) is 33.9 Å². The highest BCUT2D eigenvalue weighted by atomic mass is 35.9. The third kappa shape index (κ3) is 3.83. The molecule has 0 aromatic heterocycles. The van der Waals surface area contributed by atoms with Crippen LogP contribution in [0, 0.1) is 10.1 Å². The van der Waals surface area contributed by atoms with Gasteiger partial charge >= 0.3 is 6.07 Å². The summed E-state index contributed by atoms with van der Waals surface area (Å²) in [5, 5.41) is 10.5. The fourth-order valence-electron chi connectivity index (χ4n) is 0.987. The molecule has 0 N–H and O–H groups in total. The van der Waals surface area contributed by atoms with Crippen molar-refractivity contribution in [2.45, 2.75) is 5.88 Å².